The third-order valence-electron chi connectivity index (χ3n) is 2.83. The van der Waals surface area contributed by atoms with Gasteiger partial charge >= 0.3 is 0 Å². The first kappa shape index (κ1) is 17.1. The van der Waals surface area contributed by atoms with Crippen molar-refractivity contribution in [2.75, 3.05) is 33.7 Å². The Morgan fingerprint density at radius 1 is 1.10 bits per heavy atom. The maximum Gasteiger partial charge on any atom is 0.239 e. The molecule has 116 valence electrons. The van der Waals surface area contributed by atoms with E-state index >= 15 is 0 Å². The Balaban J connectivity index is 2.17. The van der Waals surface area contributed by atoms with Gasteiger partial charge in [-0.15, -0.1) is 0 Å². The summed E-state index contributed by atoms with van der Waals surface area (Å²) < 4.78 is 12.7. The summed E-state index contributed by atoms with van der Waals surface area (Å²) >= 11 is 0. The Kier molecular flexibility index (Phi) is 7.39. The van der Waals surface area contributed by atoms with E-state index in [1.165, 1.54) is 12.1 Å². The molecule has 21 heavy (non-hydrogen) atoms. The third-order valence-corrected chi connectivity index (χ3v) is 2.83. The fourth-order valence-electron chi connectivity index (χ4n) is 1.71. The van der Waals surface area contributed by atoms with Crippen LogP contribution >= 0.6 is 0 Å². The Morgan fingerprint density at radius 2 is 1.76 bits per heavy atom. The van der Waals surface area contributed by atoms with Crippen LogP contribution in [-0.4, -0.2) is 50.4 Å². The van der Waals surface area contributed by atoms with Crippen molar-refractivity contribution in [2.24, 2.45) is 0 Å². The highest BCUT2D eigenvalue weighted by molar-refractivity contribution is 5.85. The van der Waals surface area contributed by atoms with Gasteiger partial charge in [0.1, 0.15) is 5.82 Å². The van der Waals surface area contributed by atoms with Gasteiger partial charge in [0.15, 0.2) is 0 Å². The molecule has 0 atom stereocenters. The molecule has 0 fully saturated rings. The topological polar surface area (TPSA) is 61.4 Å². The maximum absolute atomic E-state index is 12.7. The number of nitrogens with zero attached hydrogens (tertiary/aromatic N) is 1. The van der Waals surface area contributed by atoms with Gasteiger partial charge in [0, 0.05) is 6.54 Å². The van der Waals surface area contributed by atoms with Crippen LogP contribution < -0.4 is 10.6 Å². The number of hydrogen-bond acceptors (Lipinski definition) is 3. The number of carbonyl (C=O) groups is 2. The second kappa shape index (κ2) is 9.07. The number of nitrogens with one attached hydrogen (secondary N) is 2. The molecule has 0 aliphatic carbocycles. The Hall–Kier alpha value is -1.95. The van der Waals surface area contributed by atoms with Crippen LogP contribution in [0.2, 0.25) is 0 Å². The van der Waals surface area contributed by atoms with Crippen molar-refractivity contribution in [3.63, 3.8) is 0 Å². The molecule has 1 rings (SSSR count). The van der Waals surface area contributed by atoms with E-state index in [-0.39, 0.29) is 30.6 Å². The molecule has 0 unspecified atom stereocenters. The molecular formula is C15H22FN3O2. The average Bonchev–Trinajstić information content (AvgIpc) is 2.44. The zero-order chi connectivity index (χ0) is 15.7. The van der Waals surface area contributed by atoms with Crippen LogP contribution in [0.3, 0.4) is 0 Å². The largest absolute Gasteiger partial charge is 0.355 e. The highest BCUT2D eigenvalue weighted by Crippen LogP contribution is 2.03. The summed E-state index contributed by atoms with van der Waals surface area (Å²) in [6.45, 7) is 1.45. The van der Waals surface area contributed by atoms with E-state index in [9.17, 15) is 14.0 Å². The van der Waals surface area contributed by atoms with E-state index in [0.717, 1.165) is 13.0 Å². The lowest BCUT2D eigenvalue weighted by atomic mass is 10.1. The molecule has 0 aromatic heterocycles. The first-order valence-corrected chi connectivity index (χ1v) is 6.90. The first-order chi connectivity index (χ1) is 9.97. The molecule has 0 aliphatic heterocycles. The molecule has 0 radical (unpaired) electrons. The normalized spacial score (nSPS) is 10.5. The molecule has 2 amide bonds. The number of halogens is 1. The number of rotatable bonds is 8. The standard InChI is InChI=1S/C15H22FN3O2/c1-19(2)9-3-8-17-15(21)11-18-14(20)10-12-4-6-13(16)7-5-12/h4-7H,3,8-11H2,1-2H3,(H,17,21)(H,18,20). The monoisotopic (exact) mass is 295 g/mol. The minimum Gasteiger partial charge on any atom is -0.355 e. The SMILES string of the molecule is CN(C)CCCNC(=O)CNC(=O)Cc1ccc(F)cc1. The van der Waals surface area contributed by atoms with Gasteiger partial charge in [-0.3, -0.25) is 9.59 Å². The van der Waals surface area contributed by atoms with Crippen molar-refractivity contribution in [1.29, 1.82) is 0 Å². The molecule has 0 saturated carbocycles. The summed E-state index contributed by atoms with van der Waals surface area (Å²) in [6.07, 6.45) is 0.996. The lowest BCUT2D eigenvalue weighted by Crippen LogP contribution is -2.38. The predicted molar refractivity (Wildman–Crippen MR) is 79.3 cm³/mol. The van der Waals surface area contributed by atoms with Gasteiger partial charge in [-0.25, -0.2) is 4.39 Å². The smallest absolute Gasteiger partial charge is 0.239 e. The maximum atomic E-state index is 12.7. The summed E-state index contributed by atoms with van der Waals surface area (Å²) in [5.41, 5.74) is 0.709. The highest BCUT2D eigenvalue weighted by Gasteiger charge is 2.06. The summed E-state index contributed by atoms with van der Waals surface area (Å²) in [5, 5.41) is 5.27. The summed E-state index contributed by atoms with van der Waals surface area (Å²) in [6, 6.07) is 5.71. The van der Waals surface area contributed by atoms with Gasteiger partial charge < -0.3 is 15.5 Å². The van der Waals surface area contributed by atoms with Crippen LogP contribution in [0.25, 0.3) is 0 Å². The fourth-order valence-corrected chi connectivity index (χ4v) is 1.71. The molecule has 0 bridgehead atoms. The fraction of sp³-hybridized carbons (Fsp3) is 0.467. The predicted octanol–water partition coefficient (Wildman–Crippen LogP) is 0.552. The summed E-state index contributed by atoms with van der Waals surface area (Å²) in [7, 11) is 3.94. The van der Waals surface area contributed by atoms with Crippen LogP contribution in [0.1, 0.15) is 12.0 Å². The minimum absolute atomic E-state index is 0.0397. The molecule has 0 aliphatic rings. The Bertz CT molecular complexity index is 460. The van der Waals surface area contributed by atoms with Crippen molar-refractivity contribution in [3.05, 3.63) is 35.6 Å². The molecule has 1 aromatic carbocycles. The lowest BCUT2D eigenvalue weighted by molar-refractivity contribution is -0.125. The highest BCUT2D eigenvalue weighted by atomic mass is 19.1. The van der Waals surface area contributed by atoms with E-state index < -0.39 is 0 Å². The van der Waals surface area contributed by atoms with Crippen molar-refractivity contribution in [2.45, 2.75) is 12.8 Å². The Morgan fingerprint density at radius 3 is 2.38 bits per heavy atom. The number of benzene rings is 1. The third kappa shape index (κ3) is 8.04. The van der Waals surface area contributed by atoms with E-state index in [0.29, 0.717) is 12.1 Å². The van der Waals surface area contributed by atoms with E-state index in [1.807, 2.05) is 19.0 Å². The van der Waals surface area contributed by atoms with Crippen LogP contribution in [0.4, 0.5) is 4.39 Å². The van der Waals surface area contributed by atoms with Gasteiger partial charge in [-0.1, -0.05) is 12.1 Å². The second-order valence-electron chi connectivity index (χ2n) is 5.09. The average molecular weight is 295 g/mol. The van der Waals surface area contributed by atoms with Crippen molar-refractivity contribution in [3.8, 4) is 0 Å². The van der Waals surface area contributed by atoms with Crippen molar-refractivity contribution >= 4 is 11.8 Å². The molecule has 2 N–H and O–H groups in total. The summed E-state index contributed by atoms with van der Waals surface area (Å²) in [4.78, 5) is 25.2. The van der Waals surface area contributed by atoms with Gasteiger partial charge in [-0.05, 0) is 44.8 Å². The van der Waals surface area contributed by atoms with Crippen LogP contribution in [0, 0.1) is 5.82 Å². The van der Waals surface area contributed by atoms with Gasteiger partial charge in [0.2, 0.25) is 11.8 Å². The quantitative estimate of drug-likeness (QED) is 0.689. The van der Waals surface area contributed by atoms with Gasteiger partial charge in [0.05, 0.1) is 13.0 Å². The molecule has 5 nitrogen and oxygen atoms in total. The van der Waals surface area contributed by atoms with Crippen LogP contribution in [0.5, 0.6) is 0 Å². The molecular weight excluding hydrogens is 273 g/mol. The van der Waals surface area contributed by atoms with Gasteiger partial charge in [0.25, 0.3) is 0 Å². The lowest BCUT2D eigenvalue weighted by Gasteiger charge is -2.10. The minimum atomic E-state index is -0.337. The molecule has 0 heterocycles. The molecule has 6 heteroatoms. The molecule has 0 spiro atoms. The van der Waals surface area contributed by atoms with Crippen molar-refractivity contribution < 1.29 is 14.0 Å². The zero-order valence-corrected chi connectivity index (χ0v) is 12.5. The van der Waals surface area contributed by atoms with Crippen LogP contribution in [-0.2, 0) is 16.0 Å². The first-order valence-electron chi connectivity index (χ1n) is 6.90. The molecule has 1 aromatic rings. The van der Waals surface area contributed by atoms with Gasteiger partial charge in [-0.2, -0.15) is 0 Å². The van der Waals surface area contributed by atoms with E-state index in [4.69, 9.17) is 0 Å². The van der Waals surface area contributed by atoms with Crippen molar-refractivity contribution in [1.82, 2.24) is 15.5 Å². The number of amides is 2. The Labute approximate surface area is 124 Å². The number of carbonyl (C=O) groups excluding carboxylic acids is 2. The zero-order valence-electron chi connectivity index (χ0n) is 12.5. The molecule has 0 saturated heterocycles. The van der Waals surface area contributed by atoms with E-state index in [2.05, 4.69) is 10.6 Å². The number of hydrogen-bond donors (Lipinski definition) is 2. The van der Waals surface area contributed by atoms with E-state index in [1.54, 1.807) is 12.1 Å². The summed E-state index contributed by atoms with van der Waals surface area (Å²) in [5.74, 6) is -0.803. The second-order valence-corrected chi connectivity index (χ2v) is 5.09. The van der Waals surface area contributed by atoms with Crippen LogP contribution in [0.15, 0.2) is 24.3 Å².